The van der Waals surface area contributed by atoms with E-state index in [9.17, 15) is 0 Å². The summed E-state index contributed by atoms with van der Waals surface area (Å²) >= 11 is 3.39. The predicted molar refractivity (Wildman–Crippen MR) is 67.5 cm³/mol. The van der Waals surface area contributed by atoms with Crippen LogP contribution in [0.5, 0.6) is 5.75 Å². The fourth-order valence-corrected chi connectivity index (χ4v) is 2.53. The minimum atomic E-state index is 0.0429. The molecule has 0 aromatic heterocycles. The zero-order valence-electron chi connectivity index (χ0n) is 9.29. The van der Waals surface area contributed by atoms with Crippen molar-refractivity contribution in [3.05, 3.63) is 28.2 Å². The Morgan fingerprint density at radius 1 is 1.31 bits per heavy atom. The highest BCUT2D eigenvalue weighted by atomic mass is 79.9. The van der Waals surface area contributed by atoms with Gasteiger partial charge in [0.2, 0.25) is 0 Å². The summed E-state index contributed by atoms with van der Waals surface area (Å²) in [4.78, 5) is 0. The highest BCUT2D eigenvalue weighted by Crippen LogP contribution is 2.27. The van der Waals surface area contributed by atoms with Gasteiger partial charge in [0.25, 0.3) is 0 Å². The molecule has 0 amide bonds. The fraction of sp³-hybridized carbons (Fsp3) is 0.538. The Hall–Kier alpha value is -0.540. The van der Waals surface area contributed by atoms with Gasteiger partial charge in [-0.1, -0.05) is 28.8 Å². The van der Waals surface area contributed by atoms with E-state index >= 15 is 0 Å². The van der Waals surface area contributed by atoms with Gasteiger partial charge in [-0.15, -0.1) is 0 Å². The molecule has 0 saturated heterocycles. The van der Waals surface area contributed by atoms with Crippen molar-refractivity contribution < 1.29 is 9.84 Å². The number of hydrogen-bond donors (Lipinski definition) is 1. The lowest BCUT2D eigenvalue weighted by Crippen LogP contribution is -2.08. The molecule has 0 heterocycles. The quantitative estimate of drug-likeness (QED) is 0.917. The van der Waals surface area contributed by atoms with Gasteiger partial charge in [0.05, 0.1) is 13.2 Å². The van der Waals surface area contributed by atoms with Crippen LogP contribution in [0.15, 0.2) is 22.7 Å². The monoisotopic (exact) mass is 284 g/mol. The van der Waals surface area contributed by atoms with Gasteiger partial charge in [-0.2, -0.15) is 0 Å². The topological polar surface area (TPSA) is 29.5 Å². The number of benzene rings is 1. The van der Waals surface area contributed by atoms with Crippen molar-refractivity contribution in [2.24, 2.45) is 5.92 Å². The molecule has 0 aliphatic heterocycles. The maximum absolute atomic E-state index is 9.14. The lowest BCUT2D eigenvalue weighted by molar-refractivity contribution is 0.249. The van der Waals surface area contributed by atoms with E-state index in [0.29, 0.717) is 0 Å². The number of hydrogen-bond acceptors (Lipinski definition) is 2. The number of aliphatic hydroxyl groups is 1. The van der Waals surface area contributed by atoms with Gasteiger partial charge in [0.1, 0.15) is 5.75 Å². The maximum atomic E-state index is 9.14. The second kappa shape index (κ2) is 5.69. The van der Waals surface area contributed by atoms with Gasteiger partial charge < -0.3 is 9.84 Å². The summed E-state index contributed by atoms with van der Waals surface area (Å²) in [5.41, 5.74) is 0.879. The molecule has 1 saturated carbocycles. The van der Waals surface area contributed by atoms with Crippen LogP contribution in [0.4, 0.5) is 0 Å². The third kappa shape index (κ3) is 2.98. The van der Waals surface area contributed by atoms with Gasteiger partial charge in [-0.25, -0.2) is 0 Å². The zero-order chi connectivity index (χ0) is 11.4. The van der Waals surface area contributed by atoms with Gasteiger partial charge >= 0.3 is 0 Å². The van der Waals surface area contributed by atoms with Crippen LogP contribution >= 0.6 is 15.9 Å². The van der Waals surface area contributed by atoms with Crippen molar-refractivity contribution in [2.75, 3.05) is 6.61 Å². The van der Waals surface area contributed by atoms with Crippen molar-refractivity contribution >= 4 is 15.9 Å². The molecule has 1 fully saturated rings. The number of ether oxygens (including phenoxy) is 1. The van der Waals surface area contributed by atoms with Crippen LogP contribution in [0.2, 0.25) is 0 Å². The first-order chi connectivity index (χ1) is 7.79. The molecule has 0 atom stereocenters. The first kappa shape index (κ1) is 11.9. The normalized spacial score (nSPS) is 16.6. The first-order valence-electron chi connectivity index (χ1n) is 5.81. The molecule has 1 aromatic carbocycles. The third-order valence-electron chi connectivity index (χ3n) is 3.15. The summed E-state index contributed by atoms with van der Waals surface area (Å²) < 4.78 is 6.69. The van der Waals surface area contributed by atoms with E-state index in [1.807, 2.05) is 18.2 Å². The molecule has 0 radical (unpaired) electrons. The van der Waals surface area contributed by atoms with Crippen LogP contribution in [0.1, 0.15) is 31.2 Å². The predicted octanol–water partition coefficient (Wildman–Crippen LogP) is 3.51. The number of aliphatic hydroxyl groups excluding tert-OH is 1. The SMILES string of the molecule is OCc1cc(OCC2CCCC2)ccc1Br. The van der Waals surface area contributed by atoms with E-state index < -0.39 is 0 Å². The Bertz CT molecular complexity index is 346. The summed E-state index contributed by atoms with van der Waals surface area (Å²) in [5.74, 6) is 1.58. The van der Waals surface area contributed by atoms with Gasteiger partial charge in [0, 0.05) is 4.47 Å². The molecule has 3 heteroatoms. The number of rotatable bonds is 4. The average molecular weight is 285 g/mol. The van der Waals surface area contributed by atoms with Crippen molar-refractivity contribution in [1.29, 1.82) is 0 Å². The zero-order valence-corrected chi connectivity index (χ0v) is 10.9. The molecule has 1 aliphatic carbocycles. The Morgan fingerprint density at radius 2 is 2.06 bits per heavy atom. The summed E-state index contributed by atoms with van der Waals surface area (Å²) in [6.45, 7) is 0.855. The van der Waals surface area contributed by atoms with Gasteiger partial charge in [-0.3, -0.25) is 0 Å². The maximum Gasteiger partial charge on any atom is 0.119 e. The van der Waals surface area contributed by atoms with E-state index in [1.54, 1.807) is 0 Å². The first-order valence-corrected chi connectivity index (χ1v) is 6.61. The molecule has 0 spiro atoms. The van der Waals surface area contributed by atoms with Gasteiger partial charge in [0.15, 0.2) is 0 Å². The van der Waals surface area contributed by atoms with Gasteiger partial charge in [-0.05, 0) is 42.5 Å². The standard InChI is InChI=1S/C13H17BrO2/c14-13-6-5-12(7-11(13)8-15)16-9-10-3-1-2-4-10/h5-7,10,15H,1-4,8-9H2. The van der Waals surface area contributed by atoms with Crippen molar-refractivity contribution in [1.82, 2.24) is 0 Å². The molecular formula is C13H17BrO2. The summed E-state index contributed by atoms with van der Waals surface area (Å²) in [5, 5.41) is 9.14. The Labute approximate surface area is 105 Å². The van der Waals surface area contributed by atoms with Crippen molar-refractivity contribution in [2.45, 2.75) is 32.3 Å². The van der Waals surface area contributed by atoms with Crippen LogP contribution < -0.4 is 4.74 Å². The van der Waals surface area contributed by atoms with E-state index in [0.717, 1.165) is 28.3 Å². The van der Waals surface area contributed by atoms with Crippen LogP contribution in [-0.4, -0.2) is 11.7 Å². The van der Waals surface area contributed by atoms with Crippen LogP contribution in [-0.2, 0) is 6.61 Å². The largest absolute Gasteiger partial charge is 0.493 e. The summed E-state index contributed by atoms with van der Waals surface area (Å²) in [6, 6.07) is 5.77. The molecular weight excluding hydrogens is 268 g/mol. The fourth-order valence-electron chi connectivity index (χ4n) is 2.15. The number of halogens is 1. The molecule has 0 unspecified atom stereocenters. The molecule has 1 aromatic rings. The van der Waals surface area contributed by atoms with E-state index in [4.69, 9.17) is 9.84 Å². The van der Waals surface area contributed by atoms with Crippen molar-refractivity contribution in [3.8, 4) is 5.75 Å². The van der Waals surface area contributed by atoms with Crippen molar-refractivity contribution in [3.63, 3.8) is 0 Å². The highest BCUT2D eigenvalue weighted by Gasteiger charge is 2.15. The molecule has 2 nitrogen and oxygen atoms in total. The van der Waals surface area contributed by atoms with Crippen LogP contribution in [0.3, 0.4) is 0 Å². The summed E-state index contributed by atoms with van der Waals surface area (Å²) in [7, 11) is 0. The molecule has 1 aliphatic rings. The Kier molecular flexibility index (Phi) is 4.24. The third-order valence-corrected chi connectivity index (χ3v) is 3.92. The lowest BCUT2D eigenvalue weighted by Gasteiger charge is -2.12. The van der Waals surface area contributed by atoms with E-state index in [2.05, 4.69) is 15.9 Å². The van der Waals surface area contributed by atoms with Crippen LogP contribution in [0, 0.1) is 5.92 Å². The minimum Gasteiger partial charge on any atom is -0.493 e. The summed E-state index contributed by atoms with van der Waals surface area (Å²) in [6.07, 6.45) is 5.28. The molecule has 0 bridgehead atoms. The lowest BCUT2D eigenvalue weighted by atomic mass is 10.1. The smallest absolute Gasteiger partial charge is 0.119 e. The average Bonchev–Trinajstić information content (AvgIpc) is 2.81. The Balaban J connectivity index is 1.93. The molecule has 16 heavy (non-hydrogen) atoms. The van der Waals surface area contributed by atoms with Crippen LogP contribution in [0.25, 0.3) is 0 Å². The molecule has 88 valence electrons. The minimum absolute atomic E-state index is 0.0429. The second-order valence-corrected chi connectivity index (χ2v) is 5.23. The molecule has 1 N–H and O–H groups in total. The second-order valence-electron chi connectivity index (χ2n) is 4.37. The highest BCUT2D eigenvalue weighted by molar-refractivity contribution is 9.10. The van der Waals surface area contributed by atoms with E-state index in [-0.39, 0.29) is 6.61 Å². The Morgan fingerprint density at radius 3 is 2.75 bits per heavy atom. The molecule has 2 rings (SSSR count). The van der Waals surface area contributed by atoms with E-state index in [1.165, 1.54) is 25.7 Å².